The minimum atomic E-state index is -4.02. The van der Waals surface area contributed by atoms with Gasteiger partial charge in [0, 0.05) is 10.7 Å². The minimum absolute atomic E-state index is 0.220. The summed E-state index contributed by atoms with van der Waals surface area (Å²) in [5.41, 5.74) is 6.47. The van der Waals surface area contributed by atoms with E-state index in [0.29, 0.717) is 16.3 Å². The van der Waals surface area contributed by atoms with Gasteiger partial charge < -0.3 is 11.1 Å². The summed E-state index contributed by atoms with van der Waals surface area (Å²) in [6.45, 7) is 0. The maximum atomic E-state index is 12.9. The lowest BCUT2D eigenvalue weighted by molar-refractivity contribution is -0.118. The van der Waals surface area contributed by atoms with Crippen molar-refractivity contribution in [3.8, 4) is 0 Å². The number of amides is 1. The summed E-state index contributed by atoms with van der Waals surface area (Å²) < 4.78 is 28.2. The molecule has 2 unspecified atom stereocenters. The van der Waals surface area contributed by atoms with Crippen LogP contribution in [0.5, 0.6) is 0 Å². The van der Waals surface area contributed by atoms with E-state index in [-0.39, 0.29) is 10.7 Å². The Morgan fingerprint density at radius 2 is 1.88 bits per heavy atom. The topological polar surface area (TPSA) is 101 Å². The molecule has 1 aliphatic rings. The lowest BCUT2D eigenvalue weighted by Crippen LogP contribution is -2.40. The third-order valence-electron chi connectivity index (χ3n) is 3.70. The van der Waals surface area contributed by atoms with Crippen LogP contribution < -0.4 is 15.8 Å². The molecule has 4 N–H and O–H groups in total. The van der Waals surface area contributed by atoms with E-state index in [4.69, 9.17) is 28.9 Å². The normalized spacial score (nSPS) is 19.4. The maximum Gasteiger partial charge on any atom is 0.242 e. The molecule has 0 aromatic heterocycles. The van der Waals surface area contributed by atoms with Crippen molar-refractivity contribution in [3.63, 3.8) is 0 Å². The van der Waals surface area contributed by atoms with Crippen molar-refractivity contribution < 1.29 is 13.2 Å². The number of carbonyl (C=O) groups excluding carboxylic acids is 1. The van der Waals surface area contributed by atoms with Gasteiger partial charge in [-0.1, -0.05) is 35.3 Å². The fourth-order valence-electron chi connectivity index (χ4n) is 2.65. The highest BCUT2D eigenvalue weighted by molar-refractivity contribution is 7.93. The van der Waals surface area contributed by atoms with Gasteiger partial charge in [-0.05, 0) is 35.9 Å². The third-order valence-corrected chi connectivity index (χ3v) is 5.96. The zero-order valence-electron chi connectivity index (χ0n) is 12.2. The minimum Gasteiger partial charge on any atom is -0.372 e. The Kier molecular flexibility index (Phi) is 4.33. The lowest BCUT2D eigenvalue weighted by atomic mass is 10.1. The van der Waals surface area contributed by atoms with Gasteiger partial charge in [-0.3, -0.25) is 9.52 Å². The van der Waals surface area contributed by atoms with Gasteiger partial charge in [0.15, 0.2) is 0 Å². The highest BCUT2D eigenvalue weighted by Gasteiger charge is 2.44. The summed E-state index contributed by atoms with van der Waals surface area (Å²) in [6, 6.07) is 10.0. The molecular weight excluding hydrogens is 373 g/mol. The van der Waals surface area contributed by atoms with Crippen LogP contribution in [-0.2, 0) is 14.8 Å². The van der Waals surface area contributed by atoms with Gasteiger partial charge in [0.2, 0.25) is 15.9 Å². The van der Waals surface area contributed by atoms with Crippen molar-refractivity contribution in [2.75, 3.05) is 10.0 Å². The molecule has 2 aromatic rings. The zero-order chi connectivity index (χ0) is 17.5. The number of nitrogens with two attached hydrogens (primary N) is 1. The Balaban J connectivity index is 2.06. The number of hydrogen-bond donors (Lipinski definition) is 3. The second kappa shape index (κ2) is 6.16. The summed E-state index contributed by atoms with van der Waals surface area (Å²) in [4.78, 5) is 11.7. The standard InChI is InChI=1S/C15H13Cl2N3O3S/c16-8-5-6-11-9(7-8)14(13(19-11)15(18)21)24(22,23)20-12-4-2-1-3-10(12)17/h1-7,13-14,19-20H,(H2,18,21). The van der Waals surface area contributed by atoms with Crippen molar-refractivity contribution in [2.45, 2.75) is 11.3 Å². The summed E-state index contributed by atoms with van der Waals surface area (Å²) in [5.74, 6) is -0.781. The number of para-hydroxylation sites is 1. The molecule has 24 heavy (non-hydrogen) atoms. The van der Waals surface area contributed by atoms with Crippen molar-refractivity contribution in [1.29, 1.82) is 0 Å². The van der Waals surface area contributed by atoms with E-state index in [2.05, 4.69) is 10.0 Å². The summed E-state index contributed by atoms with van der Waals surface area (Å²) in [5, 5.41) is 2.21. The molecule has 1 heterocycles. The van der Waals surface area contributed by atoms with E-state index >= 15 is 0 Å². The number of carbonyl (C=O) groups is 1. The molecular formula is C15H13Cl2N3O3S. The van der Waals surface area contributed by atoms with Crippen LogP contribution in [-0.4, -0.2) is 20.4 Å². The Labute approximate surface area is 149 Å². The highest BCUT2D eigenvalue weighted by Crippen LogP contribution is 2.41. The maximum absolute atomic E-state index is 12.9. The molecule has 6 nitrogen and oxygen atoms in total. The number of hydrogen-bond acceptors (Lipinski definition) is 4. The zero-order valence-corrected chi connectivity index (χ0v) is 14.5. The molecule has 2 aromatic carbocycles. The van der Waals surface area contributed by atoms with Crippen LogP contribution in [0.15, 0.2) is 42.5 Å². The number of anilines is 2. The molecule has 9 heteroatoms. The molecule has 0 radical (unpaired) electrons. The van der Waals surface area contributed by atoms with Gasteiger partial charge in [0.1, 0.15) is 11.3 Å². The highest BCUT2D eigenvalue weighted by atomic mass is 35.5. The number of benzene rings is 2. The van der Waals surface area contributed by atoms with Crippen LogP contribution >= 0.6 is 23.2 Å². The predicted octanol–water partition coefficient (Wildman–Crippen LogP) is 2.76. The number of nitrogens with one attached hydrogen (secondary N) is 2. The molecule has 0 saturated carbocycles. The Morgan fingerprint density at radius 3 is 2.54 bits per heavy atom. The summed E-state index contributed by atoms with van der Waals surface area (Å²) in [6.07, 6.45) is 0. The third kappa shape index (κ3) is 3.02. The quantitative estimate of drug-likeness (QED) is 0.752. The molecule has 0 aliphatic carbocycles. The first-order valence-electron chi connectivity index (χ1n) is 6.91. The molecule has 1 amide bonds. The van der Waals surface area contributed by atoms with Crippen LogP contribution in [0.25, 0.3) is 0 Å². The van der Waals surface area contributed by atoms with Gasteiger partial charge in [-0.25, -0.2) is 8.42 Å². The van der Waals surface area contributed by atoms with Crippen molar-refractivity contribution in [1.82, 2.24) is 0 Å². The number of rotatable bonds is 4. The van der Waals surface area contributed by atoms with Gasteiger partial charge in [0.25, 0.3) is 0 Å². The second-order valence-corrected chi connectivity index (χ2v) is 7.95. The number of halogens is 2. The van der Waals surface area contributed by atoms with Crippen molar-refractivity contribution in [2.24, 2.45) is 5.73 Å². The molecule has 3 rings (SSSR count). The predicted molar refractivity (Wildman–Crippen MR) is 94.8 cm³/mol. The molecule has 2 atom stereocenters. The van der Waals surface area contributed by atoms with Crippen molar-refractivity contribution >= 4 is 50.5 Å². The van der Waals surface area contributed by atoms with Crippen LogP contribution in [0.3, 0.4) is 0 Å². The van der Waals surface area contributed by atoms with E-state index in [9.17, 15) is 13.2 Å². The lowest BCUT2D eigenvalue weighted by Gasteiger charge is -2.19. The Bertz CT molecular complexity index is 918. The first-order valence-corrected chi connectivity index (χ1v) is 9.21. The first-order chi connectivity index (χ1) is 11.3. The molecule has 0 saturated heterocycles. The largest absolute Gasteiger partial charge is 0.372 e. The Morgan fingerprint density at radius 1 is 1.17 bits per heavy atom. The van der Waals surface area contributed by atoms with E-state index < -0.39 is 27.2 Å². The van der Waals surface area contributed by atoms with Crippen LogP contribution in [0, 0.1) is 0 Å². The molecule has 126 valence electrons. The summed E-state index contributed by atoms with van der Waals surface area (Å²) in [7, 11) is -4.02. The molecule has 0 spiro atoms. The monoisotopic (exact) mass is 385 g/mol. The molecule has 0 bridgehead atoms. The average Bonchev–Trinajstić information content (AvgIpc) is 2.89. The van der Waals surface area contributed by atoms with Crippen LogP contribution in [0.4, 0.5) is 11.4 Å². The van der Waals surface area contributed by atoms with Crippen LogP contribution in [0.1, 0.15) is 10.8 Å². The number of sulfonamides is 1. The van der Waals surface area contributed by atoms with Gasteiger partial charge in [0.05, 0.1) is 10.7 Å². The fourth-order valence-corrected chi connectivity index (χ4v) is 4.77. The van der Waals surface area contributed by atoms with Gasteiger partial charge in [-0.15, -0.1) is 0 Å². The number of primary amides is 1. The van der Waals surface area contributed by atoms with Crippen LogP contribution in [0.2, 0.25) is 10.0 Å². The van der Waals surface area contributed by atoms with E-state index in [1.54, 1.807) is 30.3 Å². The second-order valence-electron chi connectivity index (χ2n) is 5.30. The van der Waals surface area contributed by atoms with Gasteiger partial charge in [-0.2, -0.15) is 0 Å². The SMILES string of the molecule is NC(=O)C1Nc2ccc(Cl)cc2C1S(=O)(=O)Nc1ccccc1Cl. The van der Waals surface area contributed by atoms with E-state index in [1.807, 2.05) is 0 Å². The number of fused-ring (bicyclic) bond motifs is 1. The summed E-state index contributed by atoms with van der Waals surface area (Å²) >= 11 is 12.0. The van der Waals surface area contributed by atoms with Crippen molar-refractivity contribution in [3.05, 3.63) is 58.1 Å². The van der Waals surface area contributed by atoms with Gasteiger partial charge >= 0.3 is 0 Å². The molecule has 0 fully saturated rings. The van der Waals surface area contributed by atoms with E-state index in [0.717, 1.165) is 0 Å². The molecule has 1 aliphatic heterocycles. The fraction of sp³-hybridized carbons (Fsp3) is 0.133. The first kappa shape index (κ1) is 16.9. The van der Waals surface area contributed by atoms with E-state index in [1.165, 1.54) is 12.1 Å². The smallest absolute Gasteiger partial charge is 0.242 e. The average molecular weight is 386 g/mol. The Hall–Kier alpha value is -1.96.